The first-order valence-electron chi connectivity index (χ1n) is 9.14. The standard InChI is InChI=1S/C19H25N3O3S/c23-17(13-22-18(24)14-26-19(22)25)20-16-9-5-11-21(12-16)10-4-8-15-6-2-1-3-7-15/h1-3,6-7,16H,4-5,8-14H2,(H,20,23)/t16-/m0/s1. The lowest BCUT2D eigenvalue weighted by atomic mass is 10.0. The average molecular weight is 375 g/mol. The minimum Gasteiger partial charge on any atom is -0.351 e. The molecule has 3 rings (SSSR count). The van der Waals surface area contributed by atoms with Gasteiger partial charge in [-0.2, -0.15) is 0 Å². The van der Waals surface area contributed by atoms with Crippen molar-refractivity contribution in [2.24, 2.45) is 0 Å². The number of piperidine rings is 1. The van der Waals surface area contributed by atoms with Crippen LogP contribution in [0.15, 0.2) is 30.3 Å². The number of likely N-dealkylation sites (tertiary alicyclic amines) is 1. The molecule has 1 atom stereocenters. The molecule has 2 aliphatic rings. The van der Waals surface area contributed by atoms with Crippen LogP contribution >= 0.6 is 11.8 Å². The van der Waals surface area contributed by atoms with Crippen molar-refractivity contribution in [3.63, 3.8) is 0 Å². The molecular weight excluding hydrogens is 350 g/mol. The summed E-state index contributed by atoms with van der Waals surface area (Å²) in [5, 5.41) is 2.67. The molecule has 7 heteroatoms. The monoisotopic (exact) mass is 375 g/mol. The van der Waals surface area contributed by atoms with Crippen molar-refractivity contribution in [2.45, 2.75) is 31.7 Å². The molecule has 2 aliphatic heterocycles. The number of nitrogens with zero attached hydrogens (tertiary/aromatic N) is 2. The van der Waals surface area contributed by atoms with E-state index in [4.69, 9.17) is 0 Å². The van der Waals surface area contributed by atoms with E-state index in [1.807, 2.05) is 6.07 Å². The van der Waals surface area contributed by atoms with Crippen molar-refractivity contribution in [1.29, 1.82) is 0 Å². The Hall–Kier alpha value is -1.86. The number of rotatable bonds is 7. The van der Waals surface area contributed by atoms with Gasteiger partial charge in [-0.3, -0.25) is 19.3 Å². The van der Waals surface area contributed by atoms with Gasteiger partial charge in [0, 0.05) is 12.6 Å². The van der Waals surface area contributed by atoms with Crippen LogP contribution in [0.25, 0.3) is 0 Å². The first kappa shape index (κ1) is 18.9. The van der Waals surface area contributed by atoms with E-state index < -0.39 is 0 Å². The molecule has 2 saturated heterocycles. The molecule has 1 aromatic rings. The zero-order valence-corrected chi connectivity index (χ0v) is 15.7. The summed E-state index contributed by atoms with van der Waals surface area (Å²) in [4.78, 5) is 38.8. The maximum absolute atomic E-state index is 12.2. The Morgan fingerprint density at radius 2 is 2.04 bits per heavy atom. The highest BCUT2D eigenvalue weighted by Crippen LogP contribution is 2.18. The lowest BCUT2D eigenvalue weighted by Gasteiger charge is -2.33. The van der Waals surface area contributed by atoms with Gasteiger partial charge in [0.2, 0.25) is 11.8 Å². The minimum atomic E-state index is -0.323. The van der Waals surface area contributed by atoms with E-state index in [0.717, 1.165) is 62.0 Å². The molecule has 0 saturated carbocycles. The van der Waals surface area contributed by atoms with Crippen LogP contribution in [0.1, 0.15) is 24.8 Å². The Morgan fingerprint density at radius 3 is 2.77 bits per heavy atom. The normalized spacial score (nSPS) is 21.2. The molecule has 0 unspecified atom stereocenters. The van der Waals surface area contributed by atoms with E-state index in [1.165, 1.54) is 5.56 Å². The summed E-state index contributed by atoms with van der Waals surface area (Å²) in [6.07, 6.45) is 4.15. The average Bonchev–Trinajstić information content (AvgIpc) is 2.95. The molecule has 140 valence electrons. The Kier molecular flexibility index (Phi) is 6.68. The van der Waals surface area contributed by atoms with Gasteiger partial charge in [0.25, 0.3) is 5.24 Å². The van der Waals surface area contributed by atoms with Gasteiger partial charge in [0.1, 0.15) is 6.54 Å². The van der Waals surface area contributed by atoms with Gasteiger partial charge in [0.05, 0.1) is 5.75 Å². The summed E-state index contributed by atoms with van der Waals surface area (Å²) in [5.41, 5.74) is 1.35. The molecule has 1 aromatic carbocycles. The van der Waals surface area contributed by atoms with Gasteiger partial charge in [-0.25, -0.2) is 0 Å². The van der Waals surface area contributed by atoms with Crippen LogP contribution in [-0.2, 0) is 16.0 Å². The molecule has 1 N–H and O–H groups in total. The van der Waals surface area contributed by atoms with Crippen LogP contribution in [0.4, 0.5) is 4.79 Å². The minimum absolute atomic E-state index is 0.0911. The highest BCUT2D eigenvalue weighted by Gasteiger charge is 2.32. The highest BCUT2D eigenvalue weighted by molar-refractivity contribution is 8.14. The summed E-state index contributed by atoms with van der Waals surface area (Å²) >= 11 is 0.958. The lowest BCUT2D eigenvalue weighted by Crippen LogP contribution is -2.50. The number of amides is 3. The summed E-state index contributed by atoms with van der Waals surface area (Å²) in [5.74, 6) is -0.378. The van der Waals surface area contributed by atoms with Gasteiger partial charge >= 0.3 is 0 Å². The van der Waals surface area contributed by atoms with Gasteiger partial charge in [-0.1, -0.05) is 42.1 Å². The van der Waals surface area contributed by atoms with E-state index >= 15 is 0 Å². The molecular formula is C19H25N3O3S. The Balaban J connectivity index is 1.39. The van der Waals surface area contributed by atoms with E-state index in [9.17, 15) is 14.4 Å². The largest absolute Gasteiger partial charge is 0.351 e. The Bertz CT molecular complexity index is 637. The van der Waals surface area contributed by atoms with Crippen LogP contribution in [0.3, 0.4) is 0 Å². The predicted octanol–water partition coefficient (Wildman–Crippen LogP) is 1.90. The van der Waals surface area contributed by atoms with Crippen molar-refractivity contribution in [3.05, 3.63) is 35.9 Å². The van der Waals surface area contributed by atoms with Crippen molar-refractivity contribution in [1.82, 2.24) is 15.1 Å². The molecule has 2 heterocycles. The first-order valence-corrected chi connectivity index (χ1v) is 10.1. The Labute approximate surface area is 158 Å². The smallest absolute Gasteiger partial charge is 0.289 e. The third-order valence-electron chi connectivity index (χ3n) is 4.80. The SMILES string of the molecule is O=C(CN1C(=O)CSC1=O)N[C@H]1CCCN(CCCc2ccccc2)C1. The number of thioether (sulfide) groups is 1. The van der Waals surface area contributed by atoms with Crippen molar-refractivity contribution in [3.8, 4) is 0 Å². The van der Waals surface area contributed by atoms with Crippen LogP contribution in [0.5, 0.6) is 0 Å². The molecule has 0 aliphatic carbocycles. The van der Waals surface area contributed by atoms with Crippen LogP contribution in [0.2, 0.25) is 0 Å². The number of nitrogens with one attached hydrogen (secondary N) is 1. The number of aryl methyl sites for hydroxylation is 1. The number of hydrogen-bond acceptors (Lipinski definition) is 5. The fourth-order valence-corrected chi connectivity index (χ4v) is 4.20. The van der Waals surface area contributed by atoms with Crippen molar-refractivity contribution < 1.29 is 14.4 Å². The fourth-order valence-electron chi connectivity index (χ4n) is 3.48. The second-order valence-electron chi connectivity index (χ2n) is 6.83. The zero-order valence-electron chi connectivity index (χ0n) is 14.9. The molecule has 6 nitrogen and oxygen atoms in total. The zero-order chi connectivity index (χ0) is 18.4. The molecule has 0 bridgehead atoms. The summed E-state index contributed by atoms with van der Waals surface area (Å²) in [6.45, 7) is 2.74. The molecule has 0 spiro atoms. The highest BCUT2D eigenvalue weighted by atomic mass is 32.2. The second kappa shape index (κ2) is 9.19. The third kappa shape index (κ3) is 5.32. The number of carbonyl (C=O) groups is 3. The topological polar surface area (TPSA) is 69.7 Å². The summed E-state index contributed by atoms with van der Waals surface area (Å²) in [6, 6.07) is 10.6. The summed E-state index contributed by atoms with van der Waals surface area (Å²) in [7, 11) is 0. The van der Waals surface area contributed by atoms with Gasteiger partial charge < -0.3 is 10.2 Å². The van der Waals surface area contributed by atoms with E-state index in [1.54, 1.807) is 0 Å². The second-order valence-corrected chi connectivity index (χ2v) is 7.76. The van der Waals surface area contributed by atoms with Gasteiger partial charge in [-0.05, 0) is 44.3 Å². The third-order valence-corrected chi connectivity index (χ3v) is 5.65. The number of hydrogen-bond donors (Lipinski definition) is 1. The number of imide groups is 1. The maximum atomic E-state index is 12.2. The van der Waals surface area contributed by atoms with Crippen LogP contribution in [0, 0.1) is 0 Å². The van der Waals surface area contributed by atoms with E-state index in [-0.39, 0.29) is 35.4 Å². The maximum Gasteiger partial charge on any atom is 0.289 e. The van der Waals surface area contributed by atoms with E-state index in [2.05, 4.69) is 34.5 Å². The lowest BCUT2D eigenvalue weighted by molar-refractivity contribution is -0.131. The van der Waals surface area contributed by atoms with Gasteiger partial charge in [0.15, 0.2) is 0 Å². The quantitative estimate of drug-likeness (QED) is 0.788. The predicted molar refractivity (Wildman–Crippen MR) is 102 cm³/mol. The molecule has 0 aromatic heterocycles. The molecule has 0 radical (unpaired) electrons. The van der Waals surface area contributed by atoms with Crippen LogP contribution in [-0.4, -0.2) is 64.8 Å². The first-order chi connectivity index (χ1) is 12.6. The van der Waals surface area contributed by atoms with E-state index in [0.29, 0.717) is 0 Å². The molecule has 2 fully saturated rings. The number of benzene rings is 1. The summed E-state index contributed by atoms with van der Waals surface area (Å²) < 4.78 is 0. The van der Waals surface area contributed by atoms with Crippen LogP contribution < -0.4 is 5.32 Å². The van der Waals surface area contributed by atoms with Crippen molar-refractivity contribution in [2.75, 3.05) is 31.9 Å². The van der Waals surface area contributed by atoms with Crippen molar-refractivity contribution >= 4 is 28.8 Å². The molecule has 26 heavy (non-hydrogen) atoms. The molecule has 3 amide bonds. The Morgan fingerprint density at radius 1 is 1.23 bits per heavy atom. The number of carbonyl (C=O) groups excluding carboxylic acids is 3. The fraction of sp³-hybridized carbons (Fsp3) is 0.526. The van der Waals surface area contributed by atoms with Gasteiger partial charge in [-0.15, -0.1) is 0 Å².